The van der Waals surface area contributed by atoms with Gasteiger partial charge in [-0.1, -0.05) is 194 Å². The molecular weight excluding hydrogens is 572 g/mol. The summed E-state index contributed by atoms with van der Waals surface area (Å²) in [6, 6.07) is 0. The Bertz CT molecular complexity index is 622. The second kappa shape index (κ2) is 38.3. The zero-order valence-electron chi connectivity index (χ0n) is 31.4. The van der Waals surface area contributed by atoms with Gasteiger partial charge in [0.25, 0.3) is 0 Å². The third kappa shape index (κ3) is 35.7. The fourth-order valence-corrected chi connectivity index (χ4v) is 6.04. The molecule has 0 saturated carbocycles. The molecule has 1 atom stereocenters. The van der Waals surface area contributed by atoms with Gasteiger partial charge >= 0.3 is 11.9 Å². The highest BCUT2D eigenvalue weighted by atomic mass is 16.6. The van der Waals surface area contributed by atoms with Crippen molar-refractivity contribution in [2.24, 2.45) is 0 Å². The summed E-state index contributed by atoms with van der Waals surface area (Å²) in [7, 11) is 0. The monoisotopic (exact) mass is 653 g/mol. The van der Waals surface area contributed by atoms with Crippen LogP contribution >= 0.6 is 0 Å². The molecule has 0 saturated heterocycles. The minimum atomic E-state index is -0.518. The molecule has 1 unspecified atom stereocenters. The zero-order chi connectivity index (χ0) is 33.6. The van der Waals surface area contributed by atoms with E-state index in [1.165, 1.54) is 161 Å². The Hall–Kier alpha value is -1.10. The third-order valence-corrected chi connectivity index (χ3v) is 9.14. The Morgan fingerprint density at radius 2 is 0.717 bits per heavy atom. The molecule has 0 amide bonds. The van der Waals surface area contributed by atoms with E-state index in [9.17, 15) is 9.59 Å². The van der Waals surface area contributed by atoms with Gasteiger partial charge in [-0.3, -0.25) is 9.59 Å². The average molecular weight is 653 g/mol. The second-order valence-electron chi connectivity index (χ2n) is 13.9. The van der Waals surface area contributed by atoms with Crippen molar-refractivity contribution >= 4 is 11.9 Å². The van der Waals surface area contributed by atoms with Crippen molar-refractivity contribution in [2.45, 2.75) is 232 Å². The smallest absolute Gasteiger partial charge is 0.306 e. The summed E-state index contributed by atoms with van der Waals surface area (Å²) in [4.78, 5) is 25.0. The summed E-state index contributed by atoms with van der Waals surface area (Å²) in [6.45, 7) is 7.83. The van der Waals surface area contributed by atoms with E-state index in [4.69, 9.17) is 14.2 Å². The Labute approximate surface area is 287 Å². The van der Waals surface area contributed by atoms with Gasteiger partial charge in [0.15, 0.2) is 6.10 Å². The van der Waals surface area contributed by atoms with E-state index in [0.717, 1.165) is 32.1 Å². The fraction of sp³-hybridized carbons (Fsp3) is 0.951. The molecule has 0 spiro atoms. The molecule has 0 aromatic heterocycles. The first-order valence-electron chi connectivity index (χ1n) is 20.6. The van der Waals surface area contributed by atoms with E-state index < -0.39 is 6.10 Å². The van der Waals surface area contributed by atoms with Crippen LogP contribution in [0.1, 0.15) is 226 Å². The maximum Gasteiger partial charge on any atom is 0.306 e. The Morgan fingerprint density at radius 3 is 1.11 bits per heavy atom. The predicted octanol–water partition coefficient (Wildman–Crippen LogP) is 13.0. The number of unbranched alkanes of at least 4 members (excludes halogenated alkanes) is 27. The maximum atomic E-state index is 12.6. The van der Waals surface area contributed by atoms with Crippen molar-refractivity contribution in [1.82, 2.24) is 0 Å². The topological polar surface area (TPSA) is 61.8 Å². The normalized spacial score (nSPS) is 12.0. The number of hydrogen-bond acceptors (Lipinski definition) is 5. The Morgan fingerprint density at radius 1 is 0.391 bits per heavy atom. The van der Waals surface area contributed by atoms with Crippen LogP contribution in [0.4, 0.5) is 0 Å². The van der Waals surface area contributed by atoms with Crippen LogP contribution in [0.3, 0.4) is 0 Å². The van der Waals surface area contributed by atoms with E-state index in [0.29, 0.717) is 26.1 Å². The lowest BCUT2D eigenvalue weighted by molar-refractivity contribution is -0.163. The van der Waals surface area contributed by atoms with Gasteiger partial charge in [0.2, 0.25) is 0 Å². The maximum absolute atomic E-state index is 12.6. The van der Waals surface area contributed by atoms with Crippen LogP contribution in [0, 0.1) is 0 Å². The van der Waals surface area contributed by atoms with Crippen LogP contribution in [0.15, 0.2) is 0 Å². The highest BCUT2D eigenvalue weighted by molar-refractivity contribution is 5.70. The number of esters is 2. The van der Waals surface area contributed by atoms with Gasteiger partial charge in [0.05, 0.1) is 6.61 Å². The van der Waals surface area contributed by atoms with Crippen LogP contribution in [-0.2, 0) is 23.8 Å². The van der Waals surface area contributed by atoms with E-state index >= 15 is 0 Å². The molecule has 0 aromatic carbocycles. The quantitative estimate of drug-likeness (QED) is 0.0490. The number of rotatable bonds is 38. The van der Waals surface area contributed by atoms with Crippen LogP contribution in [-0.4, -0.2) is 37.9 Å². The standard InChI is InChI=1S/C41H80O5/c1-4-7-10-13-16-19-21-23-25-28-31-34-40(42)45-38-39(37-44-36-33-30-27-24-20-17-14-11-8-5-2)46-41(43)35-32-29-26-22-18-15-12-9-6-3/h39H,4-38H2,1-3H3. The summed E-state index contributed by atoms with van der Waals surface area (Å²) >= 11 is 0. The Balaban J connectivity index is 4.18. The lowest BCUT2D eigenvalue weighted by Gasteiger charge is -2.18. The van der Waals surface area contributed by atoms with Crippen LogP contribution in [0.25, 0.3) is 0 Å². The number of ether oxygens (including phenoxy) is 3. The fourth-order valence-electron chi connectivity index (χ4n) is 6.04. The highest BCUT2D eigenvalue weighted by Crippen LogP contribution is 2.14. The van der Waals surface area contributed by atoms with E-state index in [2.05, 4.69) is 20.8 Å². The van der Waals surface area contributed by atoms with Gasteiger partial charge in [-0.25, -0.2) is 0 Å². The van der Waals surface area contributed by atoms with E-state index in [1.807, 2.05) is 0 Å². The van der Waals surface area contributed by atoms with Crippen molar-refractivity contribution in [3.8, 4) is 0 Å². The molecule has 5 heteroatoms. The molecule has 0 aliphatic rings. The minimum absolute atomic E-state index is 0.0956. The molecule has 0 fully saturated rings. The van der Waals surface area contributed by atoms with Crippen LogP contribution in [0.2, 0.25) is 0 Å². The van der Waals surface area contributed by atoms with Crippen molar-refractivity contribution in [3.05, 3.63) is 0 Å². The number of hydrogen-bond donors (Lipinski definition) is 0. The van der Waals surface area contributed by atoms with Gasteiger partial charge < -0.3 is 14.2 Å². The molecule has 0 bridgehead atoms. The van der Waals surface area contributed by atoms with Crippen LogP contribution < -0.4 is 0 Å². The summed E-state index contributed by atoms with van der Waals surface area (Å²) in [5.74, 6) is -0.387. The van der Waals surface area contributed by atoms with Gasteiger partial charge in [-0.15, -0.1) is 0 Å². The number of carbonyl (C=O) groups is 2. The molecule has 0 aromatic rings. The van der Waals surface area contributed by atoms with Crippen LogP contribution in [0.5, 0.6) is 0 Å². The highest BCUT2D eigenvalue weighted by Gasteiger charge is 2.17. The summed E-state index contributed by atoms with van der Waals surface area (Å²) < 4.78 is 17.2. The molecule has 0 N–H and O–H groups in total. The first-order valence-corrected chi connectivity index (χ1v) is 20.6. The van der Waals surface area contributed by atoms with Gasteiger partial charge in [0, 0.05) is 19.4 Å². The van der Waals surface area contributed by atoms with E-state index in [1.54, 1.807) is 0 Å². The Kier molecular flexibility index (Phi) is 37.4. The van der Waals surface area contributed by atoms with Crippen molar-refractivity contribution in [1.29, 1.82) is 0 Å². The molecule has 5 nitrogen and oxygen atoms in total. The molecule has 0 radical (unpaired) electrons. The zero-order valence-corrected chi connectivity index (χ0v) is 31.4. The molecule has 0 heterocycles. The first-order chi connectivity index (χ1) is 22.6. The lowest BCUT2D eigenvalue weighted by Crippen LogP contribution is -2.30. The largest absolute Gasteiger partial charge is 0.462 e. The lowest BCUT2D eigenvalue weighted by atomic mass is 10.1. The van der Waals surface area contributed by atoms with E-state index in [-0.39, 0.29) is 18.5 Å². The molecule has 0 aliphatic carbocycles. The summed E-state index contributed by atoms with van der Waals surface area (Å²) in [5.41, 5.74) is 0. The third-order valence-electron chi connectivity index (χ3n) is 9.14. The second-order valence-corrected chi connectivity index (χ2v) is 13.9. The molecule has 274 valence electrons. The minimum Gasteiger partial charge on any atom is -0.462 e. The summed E-state index contributed by atoms with van der Waals surface area (Å²) in [6.07, 6.45) is 38.0. The first kappa shape index (κ1) is 44.9. The van der Waals surface area contributed by atoms with Crippen molar-refractivity contribution < 1.29 is 23.8 Å². The SMILES string of the molecule is CCCCCCCCCCCCCC(=O)OCC(COCCCCCCCCCCCC)OC(=O)CCCCCCCCCCC. The van der Waals surface area contributed by atoms with Gasteiger partial charge in [0.1, 0.15) is 6.61 Å². The number of carbonyl (C=O) groups excluding carboxylic acids is 2. The van der Waals surface area contributed by atoms with Crippen molar-refractivity contribution in [2.75, 3.05) is 19.8 Å². The molecular formula is C41H80O5. The summed E-state index contributed by atoms with van der Waals surface area (Å²) in [5, 5.41) is 0. The average Bonchev–Trinajstić information content (AvgIpc) is 3.05. The molecule has 0 aliphatic heterocycles. The van der Waals surface area contributed by atoms with Gasteiger partial charge in [-0.2, -0.15) is 0 Å². The van der Waals surface area contributed by atoms with Gasteiger partial charge in [-0.05, 0) is 19.3 Å². The molecule has 0 rings (SSSR count). The molecule has 46 heavy (non-hydrogen) atoms. The van der Waals surface area contributed by atoms with Crippen molar-refractivity contribution in [3.63, 3.8) is 0 Å². The predicted molar refractivity (Wildman–Crippen MR) is 196 cm³/mol.